The van der Waals surface area contributed by atoms with Gasteiger partial charge in [0.2, 0.25) is 0 Å². The SMILES string of the molecule is CC(C)(C)C(Cc1ccc(O)cc1)(c1ccc(O)cc1)c1ccc(O)cc1. The maximum absolute atomic E-state index is 9.79. The quantitative estimate of drug-likeness (QED) is 0.584. The van der Waals surface area contributed by atoms with E-state index in [1.165, 1.54) is 0 Å². The Morgan fingerprint density at radius 1 is 0.556 bits per heavy atom. The van der Waals surface area contributed by atoms with Crippen LogP contribution in [0.25, 0.3) is 0 Å². The van der Waals surface area contributed by atoms with Crippen molar-refractivity contribution in [1.82, 2.24) is 0 Å². The van der Waals surface area contributed by atoms with Crippen LogP contribution in [0.5, 0.6) is 17.2 Å². The summed E-state index contributed by atoms with van der Waals surface area (Å²) >= 11 is 0. The van der Waals surface area contributed by atoms with E-state index in [4.69, 9.17) is 0 Å². The lowest BCUT2D eigenvalue weighted by atomic mass is 9.56. The van der Waals surface area contributed by atoms with Crippen LogP contribution in [0, 0.1) is 5.41 Å². The van der Waals surface area contributed by atoms with Crippen LogP contribution in [0.3, 0.4) is 0 Å². The fraction of sp³-hybridized carbons (Fsp3) is 0.250. The molecule has 0 aliphatic rings. The molecule has 140 valence electrons. The molecule has 0 fully saturated rings. The van der Waals surface area contributed by atoms with Gasteiger partial charge < -0.3 is 15.3 Å². The van der Waals surface area contributed by atoms with E-state index in [1.807, 2.05) is 36.4 Å². The lowest BCUT2D eigenvalue weighted by molar-refractivity contribution is 0.225. The maximum Gasteiger partial charge on any atom is 0.115 e. The molecule has 3 nitrogen and oxygen atoms in total. The molecular formula is C24H26O3. The van der Waals surface area contributed by atoms with Crippen molar-refractivity contribution >= 4 is 0 Å². The summed E-state index contributed by atoms with van der Waals surface area (Å²) in [6, 6.07) is 22.0. The highest BCUT2D eigenvalue weighted by atomic mass is 16.3. The molecule has 0 amide bonds. The van der Waals surface area contributed by atoms with Gasteiger partial charge in [-0.15, -0.1) is 0 Å². The van der Waals surface area contributed by atoms with Crippen LogP contribution in [-0.4, -0.2) is 15.3 Å². The van der Waals surface area contributed by atoms with Crippen molar-refractivity contribution in [2.75, 3.05) is 0 Å². The lowest BCUT2D eigenvalue weighted by Gasteiger charge is -2.46. The molecule has 0 aliphatic carbocycles. The van der Waals surface area contributed by atoms with Gasteiger partial charge in [0.25, 0.3) is 0 Å². The van der Waals surface area contributed by atoms with Crippen molar-refractivity contribution < 1.29 is 15.3 Å². The van der Waals surface area contributed by atoms with Crippen LogP contribution in [0.1, 0.15) is 37.5 Å². The molecule has 3 aromatic carbocycles. The highest BCUT2D eigenvalue weighted by Crippen LogP contribution is 2.49. The summed E-state index contributed by atoms with van der Waals surface area (Å²) in [5.41, 5.74) is 2.71. The van der Waals surface area contributed by atoms with Gasteiger partial charge in [0.05, 0.1) is 0 Å². The second-order valence-corrected chi connectivity index (χ2v) is 8.09. The highest BCUT2D eigenvalue weighted by Gasteiger charge is 2.45. The Bertz CT molecular complexity index is 841. The predicted molar refractivity (Wildman–Crippen MR) is 108 cm³/mol. The smallest absolute Gasteiger partial charge is 0.115 e. The molecule has 0 aromatic heterocycles. The molecule has 0 atom stereocenters. The average molecular weight is 362 g/mol. The summed E-state index contributed by atoms with van der Waals surface area (Å²) in [6.45, 7) is 6.60. The van der Waals surface area contributed by atoms with Crippen LogP contribution in [0.4, 0.5) is 0 Å². The normalized spacial score (nSPS) is 12.1. The third kappa shape index (κ3) is 3.63. The number of phenolic OH excluding ortho intramolecular Hbond substituents is 3. The zero-order chi connectivity index (χ0) is 19.7. The minimum Gasteiger partial charge on any atom is -0.508 e. The van der Waals surface area contributed by atoms with Crippen LogP contribution in [-0.2, 0) is 11.8 Å². The summed E-state index contributed by atoms with van der Waals surface area (Å²) in [6.07, 6.45) is 0.715. The minimum atomic E-state index is -0.397. The van der Waals surface area contributed by atoms with E-state index in [1.54, 1.807) is 36.4 Å². The van der Waals surface area contributed by atoms with Crippen LogP contribution in [0.2, 0.25) is 0 Å². The van der Waals surface area contributed by atoms with Crippen molar-refractivity contribution in [3.63, 3.8) is 0 Å². The van der Waals surface area contributed by atoms with E-state index < -0.39 is 5.41 Å². The minimum absolute atomic E-state index is 0.168. The van der Waals surface area contributed by atoms with Crippen LogP contribution < -0.4 is 0 Å². The molecule has 3 rings (SSSR count). The van der Waals surface area contributed by atoms with E-state index >= 15 is 0 Å². The molecule has 0 heterocycles. The van der Waals surface area contributed by atoms with Crippen molar-refractivity contribution in [2.45, 2.75) is 32.6 Å². The molecular weight excluding hydrogens is 336 g/mol. The van der Waals surface area contributed by atoms with Gasteiger partial charge in [-0.25, -0.2) is 0 Å². The molecule has 3 N–H and O–H groups in total. The summed E-state index contributed by atoms with van der Waals surface area (Å²) in [5, 5.41) is 29.2. The Morgan fingerprint density at radius 2 is 0.889 bits per heavy atom. The third-order valence-corrected chi connectivity index (χ3v) is 5.41. The van der Waals surface area contributed by atoms with Gasteiger partial charge in [-0.3, -0.25) is 0 Å². The standard InChI is InChI=1S/C24H26O3/c1-23(2,3)24(18-6-12-21(26)13-7-18,19-8-14-22(27)15-9-19)16-17-4-10-20(25)11-5-17/h4-15,25-27H,16H2,1-3H3. The monoisotopic (exact) mass is 362 g/mol. The van der Waals surface area contributed by atoms with E-state index in [2.05, 4.69) is 20.8 Å². The molecule has 0 unspecified atom stereocenters. The van der Waals surface area contributed by atoms with E-state index in [0.29, 0.717) is 6.42 Å². The van der Waals surface area contributed by atoms with Crippen molar-refractivity contribution in [1.29, 1.82) is 0 Å². The number of hydrogen-bond acceptors (Lipinski definition) is 3. The Balaban J connectivity index is 2.25. The molecule has 0 aliphatic heterocycles. The molecule has 0 bridgehead atoms. The number of rotatable bonds is 4. The van der Waals surface area contributed by atoms with Crippen molar-refractivity contribution in [3.8, 4) is 17.2 Å². The Hall–Kier alpha value is -2.94. The number of benzene rings is 3. The molecule has 0 saturated heterocycles. The maximum atomic E-state index is 9.79. The fourth-order valence-electron chi connectivity index (χ4n) is 3.91. The number of aromatic hydroxyl groups is 3. The van der Waals surface area contributed by atoms with Crippen LogP contribution >= 0.6 is 0 Å². The fourth-order valence-corrected chi connectivity index (χ4v) is 3.91. The topological polar surface area (TPSA) is 60.7 Å². The van der Waals surface area contributed by atoms with Gasteiger partial charge >= 0.3 is 0 Å². The molecule has 3 aromatic rings. The van der Waals surface area contributed by atoms with Crippen LogP contribution in [0.15, 0.2) is 72.8 Å². The first-order valence-electron chi connectivity index (χ1n) is 9.09. The van der Waals surface area contributed by atoms with Gasteiger partial charge in [0.1, 0.15) is 17.2 Å². The summed E-state index contributed by atoms with van der Waals surface area (Å²) in [5.74, 6) is 0.711. The number of hydrogen-bond donors (Lipinski definition) is 3. The van der Waals surface area contributed by atoms with Crippen molar-refractivity contribution in [2.24, 2.45) is 5.41 Å². The second kappa shape index (κ2) is 6.99. The molecule has 27 heavy (non-hydrogen) atoms. The number of phenols is 3. The van der Waals surface area contributed by atoms with Gasteiger partial charge in [-0.2, -0.15) is 0 Å². The van der Waals surface area contributed by atoms with Gasteiger partial charge in [-0.05, 0) is 64.9 Å². The van der Waals surface area contributed by atoms with Gasteiger partial charge in [0.15, 0.2) is 0 Å². The Morgan fingerprint density at radius 3 is 1.22 bits per heavy atom. The Kier molecular flexibility index (Phi) is 4.88. The van der Waals surface area contributed by atoms with E-state index in [0.717, 1.165) is 16.7 Å². The zero-order valence-corrected chi connectivity index (χ0v) is 16.0. The van der Waals surface area contributed by atoms with Gasteiger partial charge in [0, 0.05) is 5.41 Å². The largest absolute Gasteiger partial charge is 0.508 e. The lowest BCUT2D eigenvalue weighted by Crippen LogP contribution is -2.43. The molecule has 0 saturated carbocycles. The Labute approximate surface area is 160 Å². The molecule has 0 spiro atoms. The molecule has 0 radical (unpaired) electrons. The first-order chi connectivity index (χ1) is 12.7. The highest BCUT2D eigenvalue weighted by molar-refractivity contribution is 5.47. The summed E-state index contributed by atoms with van der Waals surface area (Å²) in [7, 11) is 0. The van der Waals surface area contributed by atoms with E-state index in [9.17, 15) is 15.3 Å². The predicted octanol–water partition coefficient (Wildman–Crippen LogP) is 5.38. The van der Waals surface area contributed by atoms with Crippen molar-refractivity contribution in [3.05, 3.63) is 89.5 Å². The van der Waals surface area contributed by atoms with Gasteiger partial charge in [-0.1, -0.05) is 57.2 Å². The van der Waals surface area contributed by atoms with E-state index in [-0.39, 0.29) is 22.7 Å². The first kappa shape index (κ1) is 18.8. The molecule has 3 heteroatoms. The summed E-state index contributed by atoms with van der Waals surface area (Å²) < 4.78 is 0. The zero-order valence-electron chi connectivity index (χ0n) is 16.0. The first-order valence-corrected chi connectivity index (χ1v) is 9.09. The average Bonchev–Trinajstić information content (AvgIpc) is 2.62. The third-order valence-electron chi connectivity index (χ3n) is 5.41. The second-order valence-electron chi connectivity index (χ2n) is 8.09. The summed E-state index contributed by atoms with van der Waals surface area (Å²) in [4.78, 5) is 0.